The number of nitrogens with two attached hydrogens (primary N) is 1. The van der Waals surface area contributed by atoms with Gasteiger partial charge in [-0.2, -0.15) is 5.10 Å². The summed E-state index contributed by atoms with van der Waals surface area (Å²) in [4.78, 5) is 17.9. The van der Waals surface area contributed by atoms with E-state index in [0.717, 1.165) is 0 Å². The van der Waals surface area contributed by atoms with Gasteiger partial charge in [-0.25, -0.2) is 4.98 Å². The lowest BCUT2D eigenvalue weighted by Crippen LogP contribution is -2.38. The van der Waals surface area contributed by atoms with Crippen LogP contribution in [0.2, 0.25) is 0 Å². The molecule has 2 aromatic rings. The summed E-state index contributed by atoms with van der Waals surface area (Å²) < 4.78 is 0. The fourth-order valence-electron chi connectivity index (χ4n) is 1.70. The molecule has 0 aliphatic heterocycles. The van der Waals surface area contributed by atoms with Crippen LogP contribution in [0.3, 0.4) is 0 Å². The van der Waals surface area contributed by atoms with Crippen molar-refractivity contribution in [2.24, 2.45) is 0 Å². The van der Waals surface area contributed by atoms with Gasteiger partial charge in [0.1, 0.15) is 11.6 Å². The zero-order valence-electron chi connectivity index (χ0n) is 10.5. The lowest BCUT2D eigenvalue weighted by Gasteiger charge is -2.15. The highest BCUT2D eigenvalue weighted by Gasteiger charge is 2.15. The van der Waals surface area contributed by atoms with Crippen molar-refractivity contribution in [1.29, 1.82) is 0 Å². The summed E-state index contributed by atoms with van der Waals surface area (Å²) in [5.41, 5.74) is 6.04. The summed E-state index contributed by atoms with van der Waals surface area (Å²) in [5, 5.41) is 36.7. The van der Waals surface area contributed by atoms with Gasteiger partial charge >= 0.3 is 0 Å². The first-order valence-electron chi connectivity index (χ1n) is 5.93. The summed E-state index contributed by atoms with van der Waals surface area (Å²) in [5.74, 6) is -0.0131. The average Bonchev–Trinajstić information content (AvgIpc) is 2.81. The molecule has 10 heteroatoms. The van der Waals surface area contributed by atoms with Crippen molar-refractivity contribution in [1.82, 2.24) is 25.5 Å². The fraction of sp³-hybridized carbons (Fsp3) is 0.500. The van der Waals surface area contributed by atoms with Crippen molar-refractivity contribution in [3.05, 3.63) is 16.0 Å². The molecule has 110 valence electrons. The van der Waals surface area contributed by atoms with Crippen molar-refractivity contribution in [3.63, 3.8) is 0 Å². The number of aromatic nitrogens is 4. The molecule has 2 atom stereocenters. The Morgan fingerprint density at radius 2 is 2.05 bits per heavy atom. The van der Waals surface area contributed by atoms with Crippen molar-refractivity contribution < 1.29 is 15.3 Å². The van der Waals surface area contributed by atoms with Crippen molar-refractivity contribution in [3.8, 4) is 0 Å². The number of hydrogen-bond donors (Lipinski definition) is 7. The number of nitrogens with zero attached hydrogens (tertiary/aromatic N) is 2. The first-order chi connectivity index (χ1) is 9.52. The molecular weight excluding hydrogens is 268 g/mol. The maximum Gasteiger partial charge on any atom is 0.280 e. The van der Waals surface area contributed by atoms with Crippen LogP contribution in [0.25, 0.3) is 11.0 Å². The second-order valence-electron chi connectivity index (χ2n) is 4.30. The number of nitrogen functional groups attached to an aromatic ring is 1. The standard InChI is InChI=1S/C10H16N6O4/c11-10-13-7-4(15-16-8(7)9(20)14-10)1-12-2-5(18)6(19)3-17/h5-6,12,17-19H,1-3H2,(H,15,16)(H3,11,13,14,20)/t5-,6+/m0/s1. The van der Waals surface area contributed by atoms with Gasteiger partial charge in [0.2, 0.25) is 5.95 Å². The molecule has 20 heavy (non-hydrogen) atoms. The molecule has 0 aromatic carbocycles. The molecule has 2 rings (SSSR count). The molecule has 0 aliphatic rings. The van der Waals surface area contributed by atoms with Gasteiger partial charge in [0.25, 0.3) is 5.56 Å². The summed E-state index contributed by atoms with van der Waals surface area (Å²) >= 11 is 0. The predicted molar refractivity (Wildman–Crippen MR) is 69.7 cm³/mol. The highest BCUT2D eigenvalue weighted by molar-refractivity contribution is 5.76. The highest BCUT2D eigenvalue weighted by atomic mass is 16.4. The summed E-state index contributed by atoms with van der Waals surface area (Å²) in [6, 6.07) is 0. The van der Waals surface area contributed by atoms with Gasteiger partial charge in [-0.15, -0.1) is 0 Å². The van der Waals surface area contributed by atoms with Crippen LogP contribution in [0.1, 0.15) is 5.69 Å². The Morgan fingerprint density at radius 1 is 1.30 bits per heavy atom. The second-order valence-corrected chi connectivity index (χ2v) is 4.30. The number of anilines is 1. The Kier molecular flexibility index (Phi) is 4.29. The number of nitrogens with one attached hydrogen (secondary N) is 3. The van der Waals surface area contributed by atoms with E-state index in [9.17, 15) is 15.0 Å². The fourth-order valence-corrected chi connectivity index (χ4v) is 1.70. The van der Waals surface area contributed by atoms with Crippen molar-refractivity contribution >= 4 is 17.0 Å². The van der Waals surface area contributed by atoms with Crippen LogP contribution < -0.4 is 16.6 Å². The Balaban J connectivity index is 2.06. The highest BCUT2D eigenvalue weighted by Crippen LogP contribution is 2.09. The molecule has 8 N–H and O–H groups in total. The van der Waals surface area contributed by atoms with Crippen LogP contribution in [0.5, 0.6) is 0 Å². The molecule has 0 radical (unpaired) electrons. The molecule has 0 amide bonds. The summed E-state index contributed by atoms with van der Waals surface area (Å²) in [6.07, 6.45) is -2.31. The van der Waals surface area contributed by atoms with Crippen molar-refractivity contribution in [2.75, 3.05) is 18.9 Å². The van der Waals surface area contributed by atoms with Gasteiger partial charge in [-0.1, -0.05) is 0 Å². The molecule has 0 spiro atoms. The molecule has 0 unspecified atom stereocenters. The Labute approximate surface area is 112 Å². The zero-order valence-corrected chi connectivity index (χ0v) is 10.5. The molecule has 0 bridgehead atoms. The third-order valence-electron chi connectivity index (χ3n) is 2.79. The lowest BCUT2D eigenvalue weighted by atomic mass is 10.2. The molecule has 0 saturated carbocycles. The Bertz CT molecular complexity index is 638. The predicted octanol–water partition coefficient (Wildman–Crippen LogP) is -2.97. The van der Waals surface area contributed by atoms with E-state index in [-0.39, 0.29) is 24.6 Å². The zero-order chi connectivity index (χ0) is 14.7. The number of aromatic amines is 2. The van der Waals surface area contributed by atoms with Crippen LogP contribution in [-0.2, 0) is 6.54 Å². The minimum atomic E-state index is -1.21. The smallest absolute Gasteiger partial charge is 0.280 e. The van der Waals surface area contributed by atoms with E-state index in [2.05, 4.69) is 25.5 Å². The molecule has 2 aromatic heterocycles. The first-order valence-corrected chi connectivity index (χ1v) is 5.93. The molecular formula is C10H16N6O4. The van der Waals surface area contributed by atoms with E-state index < -0.39 is 24.4 Å². The van der Waals surface area contributed by atoms with Gasteiger partial charge in [-0.3, -0.25) is 14.9 Å². The molecule has 0 aliphatic carbocycles. The number of H-pyrrole nitrogens is 2. The second kappa shape index (κ2) is 5.96. The lowest BCUT2D eigenvalue weighted by molar-refractivity contribution is -0.0130. The van der Waals surface area contributed by atoms with Crippen LogP contribution in [0.4, 0.5) is 5.95 Å². The van der Waals surface area contributed by atoms with Gasteiger partial charge in [0.15, 0.2) is 5.52 Å². The normalized spacial score (nSPS) is 14.6. The molecule has 10 nitrogen and oxygen atoms in total. The number of aliphatic hydroxyl groups excluding tert-OH is 3. The van der Waals surface area contributed by atoms with Gasteiger partial charge < -0.3 is 26.4 Å². The summed E-state index contributed by atoms with van der Waals surface area (Å²) in [6.45, 7) is -0.230. The van der Waals surface area contributed by atoms with E-state index in [1.807, 2.05) is 0 Å². The number of hydrogen-bond acceptors (Lipinski definition) is 8. The minimum Gasteiger partial charge on any atom is -0.394 e. The van der Waals surface area contributed by atoms with Gasteiger partial charge in [0.05, 0.1) is 18.4 Å². The molecule has 0 fully saturated rings. The van der Waals surface area contributed by atoms with Crippen LogP contribution in [0, 0.1) is 0 Å². The topological polar surface area (TPSA) is 173 Å². The quantitative estimate of drug-likeness (QED) is 0.294. The Morgan fingerprint density at radius 3 is 2.75 bits per heavy atom. The van der Waals surface area contributed by atoms with E-state index in [1.54, 1.807) is 0 Å². The van der Waals surface area contributed by atoms with E-state index in [4.69, 9.17) is 10.8 Å². The van der Waals surface area contributed by atoms with E-state index in [0.29, 0.717) is 11.2 Å². The van der Waals surface area contributed by atoms with Gasteiger partial charge in [-0.05, 0) is 0 Å². The Hall–Kier alpha value is -2.01. The third kappa shape index (κ3) is 2.93. The molecule has 2 heterocycles. The third-order valence-corrected chi connectivity index (χ3v) is 2.79. The molecule has 0 saturated heterocycles. The maximum absolute atomic E-state index is 11.5. The first kappa shape index (κ1) is 14.4. The van der Waals surface area contributed by atoms with Crippen LogP contribution >= 0.6 is 0 Å². The van der Waals surface area contributed by atoms with Crippen molar-refractivity contribution in [2.45, 2.75) is 18.8 Å². The number of fused-ring (bicyclic) bond motifs is 1. The average molecular weight is 284 g/mol. The largest absolute Gasteiger partial charge is 0.394 e. The maximum atomic E-state index is 11.5. The number of rotatable bonds is 6. The SMILES string of the molecule is Nc1nc2c(CNC[C@H](O)[C@H](O)CO)[nH]nc2c(=O)[nH]1. The van der Waals surface area contributed by atoms with Crippen LogP contribution in [-0.4, -0.2) is 60.8 Å². The van der Waals surface area contributed by atoms with E-state index >= 15 is 0 Å². The summed E-state index contributed by atoms with van der Waals surface area (Å²) in [7, 11) is 0. The minimum absolute atomic E-state index is 0.0131. The monoisotopic (exact) mass is 284 g/mol. The van der Waals surface area contributed by atoms with E-state index in [1.165, 1.54) is 0 Å². The van der Waals surface area contributed by atoms with Gasteiger partial charge in [0, 0.05) is 13.1 Å². The van der Waals surface area contributed by atoms with Crippen LogP contribution in [0.15, 0.2) is 4.79 Å². The number of aliphatic hydroxyl groups is 3.